The highest BCUT2D eigenvalue weighted by molar-refractivity contribution is 6.31. The zero-order valence-corrected chi connectivity index (χ0v) is 30.8. The molecule has 0 heterocycles. The molecule has 6 aromatic carbocycles. The summed E-state index contributed by atoms with van der Waals surface area (Å²) in [6.45, 7) is 0. The van der Waals surface area contributed by atoms with Crippen LogP contribution in [0.4, 0.5) is 22.7 Å². The van der Waals surface area contributed by atoms with Crippen molar-refractivity contribution in [3.8, 4) is 0 Å². The van der Waals surface area contributed by atoms with E-state index in [9.17, 15) is 0 Å². The molecular weight excluding hydrogens is 688 g/mol. The number of halogens is 4. The number of anilines is 4. The summed E-state index contributed by atoms with van der Waals surface area (Å²) >= 11 is 25.4. The molecule has 0 amide bonds. The van der Waals surface area contributed by atoms with Crippen molar-refractivity contribution in [3.05, 3.63) is 187 Å². The Bertz CT molecular complexity index is 1780. The molecule has 49 heavy (non-hydrogen) atoms. The smallest absolute Gasteiger partial charge is 0.0642 e. The molecule has 0 aromatic heterocycles. The van der Waals surface area contributed by atoms with Crippen LogP contribution in [0.5, 0.6) is 0 Å². The zero-order valence-electron chi connectivity index (χ0n) is 27.8. The first kappa shape index (κ1) is 34.7. The van der Waals surface area contributed by atoms with Gasteiger partial charge in [0.1, 0.15) is 0 Å². The summed E-state index contributed by atoms with van der Waals surface area (Å²) in [7, 11) is 8.35. The van der Waals surface area contributed by atoms with Gasteiger partial charge in [0.2, 0.25) is 0 Å². The fourth-order valence-electron chi connectivity index (χ4n) is 6.66. The van der Waals surface area contributed by atoms with Crippen molar-refractivity contribution >= 4 is 69.2 Å². The molecule has 0 saturated carbocycles. The minimum Gasteiger partial charge on any atom is -0.376 e. The van der Waals surface area contributed by atoms with Crippen molar-refractivity contribution < 1.29 is 0 Å². The van der Waals surface area contributed by atoms with Crippen molar-refractivity contribution in [2.75, 3.05) is 43.3 Å². The summed E-state index contributed by atoms with van der Waals surface area (Å²) in [5, 5.41) is 6.68. The van der Waals surface area contributed by atoms with Crippen LogP contribution in [-0.4, -0.2) is 28.2 Å². The molecule has 3 nitrogen and oxygen atoms in total. The standard InChI is InChI=1S/C42H37Cl4N3/c1-48(2)41-35(39(27-11-19-31(43)20-12-27)28-13-21-32(44)22-14-28)7-5-9-37(41)47-38-10-6-8-36(42(38)49(3)4)40(29-15-23-33(45)24-16-29)30-17-25-34(46)26-18-30/h5-26,39-40,47H,1-4H3. The molecule has 6 aromatic rings. The van der Waals surface area contributed by atoms with Crippen LogP contribution >= 0.6 is 46.4 Å². The maximum absolute atomic E-state index is 6.34. The van der Waals surface area contributed by atoms with Crippen LogP contribution in [0.15, 0.2) is 133 Å². The Balaban J connectivity index is 1.51. The van der Waals surface area contributed by atoms with Crippen LogP contribution in [0.1, 0.15) is 45.2 Å². The molecule has 0 aliphatic heterocycles. The highest BCUT2D eigenvalue weighted by Crippen LogP contribution is 2.45. The number of hydrogen-bond acceptors (Lipinski definition) is 3. The average Bonchev–Trinajstić information content (AvgIpc) is 3.08. The Morgan fingerprint density at radius 3 is 0.898 bits per heavy atom. The molecular formula is C42H37Cl4N3. The Kier molecular flexibility index (Phi) is 10.8. The van der Waals surface area contributed by atoms with Crippen molar-refractivity contribution in [2.45, 2.75) is 11.8 Å². The molecule has 7 heteroatoms. The lowest BCUT2D eigenvalue weighted by molar-refractivity contribution is 0.956. The third kappa shape index (κ3) is 7.71. The Morgan fingerprint density at radius 1 is 0.388 bits per heavy atom. The van der Waals surface area contributed by atoms with Crippen LogP contribution in [0.3, 0.4) is 0 Å². The van der Waals surface area contributed by atoms with E-state index in [2.05, 4.69) is 128 Å². The maximum atomic E-state index is 6.34. The van der Waals surface area contributed by atoms with Gasteiger partial charge in [-0.1, -0.05) is 119 Å². The summed E-state index contributed by atoms with van der Waals surface area (Å²) in [5.41, 5.74) is 11.0. The second-order valence-electron chi connectivity index (χ2n) is 12.5. The monoisotopic (exact) mass is 723 g/mol. The second-order valence-corrected chi connectivity index (χ2v) is 14.2. The van der Waals surface area contributed by atoms with Crippen molar-refractivity contribution in [1.82, 2.24) is 0 Å². The van der Waals surface area contributed by atoms with Gasteiger partial charge in [-0.25, -0.2) is 0 Å². The Labute approximate surface area is 309 Å². The summed E-state index contributed by atoms with van der Waals surface area (Å²) in [6, 6.07) is 45.3. The summed E-state index contributed by atoms with van der Waals surface area (Å²) in [4.78, 5) is 4.36. The van der Waals surface area contributed by atoms with Gasteiger partial charge >= 0.3 is 0 Å². The lowest BCUT2D eigenvalue weighted by Gasteiger charge is -2.30. The molecule has 6 rings (SSSR count). The molecule has 0 aliphatic rings. The van der Waals surface area contributed by atoms with Gasteiger partial charge < -0.3 is 15.1 Å². The first-order valence-electron chi connectivity index (χ1n) is 16.0. The van der Waals surface area contributed by atoms with Crippen LogP contribution in [-0.2, 0) is 0 Å². The highest BCUT2D eigenvalue weighted by Gasteiger charge is 2.26. The third-order valence-corrected chi connectivity index (χ3v) is 9.74. The number of nitrogens with one attached hydrogen (secondary N) is 1. The van der Waals surface area contributed by atoms with E-state index in [-0.39, 0.29) is 11.8 Å². The first-order chi connectivity index (χ1) is 23.6. The van der Waals surface area contributed by atoms with E-state index in [0.717, 1.165) is 56.1 Å². The fraction of sp³-hybridized carbons (Fsp3) is 0.143. The van der Waals surface area contributed by atoms with E-state index in [4.69, 9.17) is 46.4 Å². The summed E-state index contributed by atoms with van der Waals surface area (Å²) < 4.78 is 0. The molecule has 0 spiro atoms. The minimum atomic E-state index is -0.0625. The van der Waals surface area contributed by atoms with Crippen LogP contribution in [0, 0.1) is 0 Å². The SMILES string of the molecule is CN(C)c1c(Nc2cccc(C(c3ccc(Cl)cc3)c3ccc(Cl)cc3)c2N(C)C)cccc1C(c1ccc(Cl)cc1)c1ccc(Cl)cc1. The summed E-state index contributed by atoms with van der Waals surface area (Å²) in [5.74, 6) is -0.125. The molecule has 0 fully saturated rings. The van der Waals surface area contributed by atoms with Gasteiger partial charge in [-0.05, 0) is 94.0 Å². The van der Waals surface area contributed by atoms with Gasteiger partial charge in [0.15, 0.2) is 0 Å². The normalized spacial score (nSPS) is 11.2. The molecule has 0 atom stereocenters. The number of benzene rings is 6. The third-order valence-electron chi connectivity index (χ3n) is 8.73. The molecule has 0 saturated heterocycles. The number of para-hydroxylation sites is 2. The van der Waals surface area contributed by atoms with Gasteiger partial charge in [0, 0.05) is 60.1 Å². The van der Waals surface area contributed by atoms with Crippen LogP contribution in [0.25, 0.3) is 0 Å². The molecule has 0 aliphatic carbocycles. The topological polar surface area (TPSA) is 18.5 Å². The molecule has 1 N–H and O–H groups in total. The molecule has 0 bridgehead atoms. The lowest BCUT2D eigenvalue weighted by atomic mass is 9.83. The highest BCUT2D eigenvalue weighted by atomic mass is 35.5. The predicted octanol–water partition coefficient (Wildman–Crippen LogP) is 12.5. The quantitative estimate of drug-likeness (QED) is 0.142. The van der Waals surface area contributed by atoms with Crippen LogP contribution < -0.4 is 15.1 Å². The summed E-state index contributed by atoms with van der Waals surface area (Å²) in [6.07, 6.45) is 0. The minimum absolute atomic E-state index is 0.0625. The van der Waals surface area contributed by atoms with Crippen LogP contribution in [0.2, 0.25) is 20.1 Å². The van der Waals surface area contributed by atoms with Crippen molar-refractivity contribution in [1.29, 1.82) is 0 Å². The van der Waals surface area contributed by atoms with Crippen molar-refractivity contribution in [2.24, 2.45) is 0 Å². The largest absolute Gasteiger partial charge is 0.376 e. The maximum Gasteiger partial charge on any atom is 0.0642 e. The second kappa shape index (κ2) is 15.2. The number of rotatable bonds is 10. The van der Waals surface area contributed by atoms with E-state index >= 15 is 0 Å². The zero-order chi connectivity index (χ0) is 34.7. The Morgan fingerprint density at radius 2 is 0.653 bits per heavy atom. The lowest BCUT2D eigenvalue weighted by Crippen LogP contribution is -2.18. The van der Waals surface area contributed by atoms with E-state index in [1.54, 1.807) is 0 Å². The molecule has 0 unspecified atom stereocenters. The molecule has 0 radical (unpaired) electrons. The number of nitrogens with zero attached hydrogens (tertiary/aromatic N) is 2. The predicted molar refractivity (Wildman–Crippen MR) is 213 cm³/mol. The van der Waals surface area contributed by atoms with Gasteiger partial charge in [-0.15, -0.1) is 0 Å². The van der Waals surface area contributed by atoms with E-state index in [1.165, 1.54) is 0 Å². The van der Waals surface area contributed by atoms with Crippen molar-refractivity contribution in [3.63, 3.8) is 0 Å². The average molecular weight is 726 g/mol. The number of hydrogen-bond donors (Lipinski definition) is 1. The molecule has 248 valence electrons. The van der Waals surface area contributed by atoms with Gasteiger partial charge in [-0.2, -0.15) is 0 Å². The Hall–Kier alpha value is -4.12. The van der Waals surface area contributed by atoms with E-state index in [1.807, 2.05) is 48.5 Å². The van der Waals surface area contributed by atoms with E-state index in [0.29, 0.717) is 20.1 Å². The van der Waals surface area contributed by atoms with Gasteiger partial charge in [0.25, 0.3) is 0 Å². The van der Waals surface area contributed by atoms with E-state index < -0.39 is 0 Å². The van der Waals surface area contributed by atoms with Gasteiger partial charge in [0.05, 0.1) is 22.7 Å². The first-order valence-corrected chi connectivity index (χ1v) is 17.5. The van der Waals surface area contributed by atoms with Gasteiger partial charge in [-0.3, -0.25) is 0 Å². The fourth-order valence-corrected chi connectivity index (χ4v) is 7.16.